The minimum atomic E-state index is -4.71. The Morgan fingerprint density at radius 2 is 1.91 bits per heavy atom. The van der Waals surface area contributed by atoms with Crippen LogP contribution in [0.3, 0.4) is 0 Å². The Balaban J connectivity index is 1.21. The number of ether oxygens (including phenoxy) is 2. The van der Waals surface area contributed by atoms with Crippen LogP contribution in [-0.4, -0.2) is 40.7 Å². The number of alkyl halides is 3. The van der Waals surface area contributed by atoms with Crippen LogP contribution >= 0.6 is 11.6 Å². The first-order chi connectivity index (χ1) is 16.2. The highest BCUT2D eigenvalue weighted by Gasteiger charge is 2.29. The number of carbonyl (C=O) groups is 1. The van der Waals surface area contributed by atoms with E-state index >= 15 is 0 Å². The molecule has 1 N–H and O–H groups in total. The highest BCUT2D eigenvalue weighted by molar-refractivity contribution is 6.31. The SMILES string of the molecule is O=C(CC1CCC(c2nnc(OCCOC(F)(F)F)o2)CC1)Nc1ccc2cc(Cl)ccc2n1. The van der Waals surface area contributed by atoms with Gasteiger partial charge in [0.1, 0.15) is 12.4 Å². The summed E-state index contributed by atoms with van der Waals surface area (Å²) in [4.78, 5) is 17.0. The van der Waals surface area contributed by atoms with Gasteiger partial charge in [-0.3, -0.25) is 9.53 Å². The molecule has 0 spiro atoms. The van der Waals surface area contributed by atoms with E-state index in [1.54, 1.807) is 18.2 Å². The van der Waals surface area contributed by atoms with Crippen molar-refractivity contribution in [2.45, 2.75) is 44.4 Å². The summed E-state index contributed by atoms with van der Waals surface area (Å²) in [5.41, 5.74) is 0.749. The van der Waals surface area contributed by atoms with Gasteiger partial charge in [-0.15, -0.1) is 18.3 Å². The van der Waals surface area contributed by atoms with E-state index in [1.807, 2.05) is 12.1 Å². The topological polar surface area (TPSA) is 99.4 Å². The Bertz CT molecular complexity index is 1130. The van der Waals surface area contributed by atoms with Crippen molar-refractivity contribution < 1.29 is 31.9 Å². The van der Waals surface area contributed by atoms with Gasteiger partial charge < -0.3 is 14.5 Å². The second-order valence-corrected chi connectivity index (χ2v) is 8.49. The van der Waals surface area contributed by atoms with Crippen LogP contribution in [0.1, 0.15) is 43.9 Å². The zero-order valence-electron chi connectivity index (χ0n) is 18.0. The summed E-state index contributed by atoms with van der Waals surface area (Å²) in [5, 5.41) is 12.0. The van der Waals surface area contributed by atoms with Gasteiger partial charge in [-0.05, 0) is 61.9 Å². The zero-order chi connectivity index (χ0) is 24.1. The van der Waals surface area contributed by atoms with E-state index < -0.39 is 13.0 Å². The van der Waals surface area contributed by atoms with Gasteiger partial charge in [0.05, 0.1) is 12.1 Å². The normalized spacial score (nSPS) is 18.7. The van der Waals surface area contributed by atoms with Crippen LogP contribution in [-0.2, 0) is 9.53 Å². The zero-order valence-corrected chi connectivity index (χ0v) is 18.7. The fourth-order valence-corrected chi connectivity index (χ4v) is 4.15. The summed E-state index contributed by atoms with van der Waals surface area (Å²) in [6.45, 7) is -1.03. The van der Waals surface area contributed by atoms with Crippen molar-refractivity contribution in [2.75, 3.05) is 18.5 Å². The molecule has 1 aromatic carbocycles. The van der Waals surface area contributed by atoms with E-state index in [9.17, 15) is 18.0 Å². The van der Waals surface area contributed by atoms with Gasteiger partial charge in [0, 0.05) is 22.7 Å². The van der Waals surface area contributed by atoms with Gasteiger partial charge in [-0.2, -0.15) is 0 Å². The van der Waals surface area contributed by atoms with E-state index in [4.69, 9.17) is 20.8 Å². The summed E-state index contributed by atoms with van der Waals surface area (Å²) >= 11 is 5.99. The molecule has 0 radical (unpaired) electrons. The summed E-state index contributed by atoms with van der Waals surface area (Å²) in [6.07, 6.45) is -1.39. The fourth-order valence-electron chi connectivity index (χ4n) is 3.97. The molecule has 34 heavy (non-hydrogen) atoms. The van der Waals surface area contributed by atoms with Gasteiger partial charge in [-0.25, -0.2) is 4.98 Å². The number of nitrogens with zero attached hydrogens (tertiary/aromatic N) is 3. The Morgan fingerprint density at radius 1 is 1.12 bits per heavy atom. The average Bonchev–Trinajstić information content (AvgIpc) is 3.26. The molecule has 8 nitrogen and oxygen atoms in total. The van der Waals surface area contributed by atoms with Crippen LogP contribution < -0.4 is 10.1 Å². The Morgan fingerprint density at radius 3 is 2.68 bits per heavy atom. The third-order valence-electron chi connectivity index (χ3n) is 5.59. The maximum absolute atomic E-state index is 12.5. The van der Waals surface area contributed by atoms with E-state index in [0.717, 1.165) is 36.6 Å². The molecule has 2 heterocycles. The first kappa shape index (κ1) is 24.2. The highest BCUT2D eigenvalue weighted by Crippen LogP contribution is 2.37. The number of hydrogen-bond acceptors (Lipinski definition) is 7. The number of aromatic nitrogens is 3. The molecule has 0 unspecified atom stereocenters. The second-order valence-electron chi connectivity index (χ2n) is 8.05. The molecule has 12 heteroatoms. The molecule has 0 saturated heterocycles. The number of rotatable bonds is 8. The Labute approximate surface area is 197 Å². The van der Waals surface area contributed by atoms with Crippen LogP contribution in [0.15, 0.2) is 34.7 Å². The van der Waals surface area contributed by atoms with Crippen LogP contribution in [0.2, 0.25) is 5.02 Å². The van der Waals surface area contributed by atoms with Gasteiger partial charge in [0.15, 0.2) is 0 Å². The van der Waals surface area contributed by atoms with E-state index in [-0.39, 0.29) is 30.4 Å². The largest absolute Gasteiger partial charge is 0.522 e. The van der Waals surface area contributed by atoms with Gasteiger partial charge >= 0.3 is 12.4 Å². The lowest BCUT2D eigenvalue weighted by Gasteiger charge is -2.25. The van der Waals surface area contributed by atoms with Gasteiger partial charge in [0.2, 0.25) is 11.8 Å². The maximum Gasteiger partial charge on any atom is 0.522 e. The number of hydrogen-bond donors (Lipinski definition) is 1. The lowest BCUT2D eigenvalue weighted by atomic mass is 9.80. The van der Waals surface area contributed by atoms with Crippen molar-refractivity contribution in [3.63, 3.8) is 0 Å². The lowest BCUT2D eigenvalue weighted by molar-refractivity contribution is -0.325. The summed E-state index contributed by atoms with van der Waals surface area (Å²) in [6, 6.07) is 8.98. The molecule has 0 atom stereocenters. The molecule has 0 bridgehead atoms. The number of pyridine rings is 1. The van der Waals surface area contributed by atoms with Crippen LogP contribution in [0.5, 0.6) is 6.08 Å². The second kappa shape index (κ2) is 10.6. The molecule has 1 fully saturated rings. The van der Waals surface area contributed by atoms with E-state index in [0.29, 0.717) is 23.2 Å². The predicted octanol–water partition coefficient (Wildman–Crippen LogP) is 5.49. The number of nitrogens with one attached hydrogen (secondary N) is 1. The maximum atomic E-state index is 12.5. The summed E-state index contributed by atoms with van der Waals surface area (Å²) in [5.74, 6) is 1.01. The molecule has 182 valence electrons. The van der Waals surface area contributed by atoms with Crippen LogP contribution in [0, 0.1) is 5.92 Å². The molecular weight excluding hydrogens is 477 g/mol. The van der Waals surface area contributed by atoms with Crippen molar-refractivity contribution >= 4 is 34.2 Å². The molecule has 1 saturated carbocycles. The molecule has 3 aromatic rings. The molecular formula is C22H22ClF3N4O4. The number of anilines is 1. The summed E-state index contributed by atoms with van der Waals surface area (Å²) < 4.78 is 49.9. The highest BCUT2D eigenvalue weighted by atomic mass is 35.5. The van der Waals surface area contributed by atoms with Crippen molar-refractivity contribution in [3.8, 4) is 6.08 Å². The predicted molar refractivity (Wildman–Crippen MR) is 116 cm³/mol. The minimum Gasteiger partial charge on any atom is -0.447 e. The van der Waals surface area contributed by atoms with E-state index in [1.165, 1.54) is 0 Å². The monoisotopic (exact) mass is 498 g/mol. The number of amides is 1. The number of carbonyl (C=O) groups excluding carboxylic acids is 1. The molecule has 4 rings (SSSR count). The first-order valence-electron chi connectivity index (χ1n) is 10.8. The molecule has 1 amide bonds. The Kier molecular flexibility index (Phi) is 7.52. The average molecular weight is 499 g/mol. The molecule has 2 aromatic heterocycles. The van der Waals surface area contributed by atoms with Crippen molar-refractivity contribution in [3.05, 3.63) is 41.2 Å². The smallest absolute Gasteiger partial charge is 0.447 e. The molecule has 1 aliphatic rings. The third-order valence-corrected chi connectivity index (χ3v) is 5.82. The van der Waals surface area contributed by atoms with Crippen molar-refractivity contribution in [1.82, 2.24) is 15.2 Å². The molecule has 0 aliphatic heterocycles. The minimum absolute atomic E-state index is 0.0181. The van der Waals surface area contributed by atoms with Crippen molar-refractivity contribution in [1.29, 1.82) is 0 Å². The van der Waals surface area contributed by atoms with E-state index in [2.05, 4.69) is 25.2 Å². The summed E-state index contributed by atoms with van der Waals surface area (Å²) in [7, 11) is 0. The van der Waals surface area contributed by atoms with Gasteiger partial charge in [0.25, 0.3) is 0 Å². The molecule has 1 aliphatic carbocycles. The van der Waals surface area contributed by atoms with Crippen LogP contribution in [0.25, 0.3) is 10.9 Å². The Hall–Kier alpha value is -2.92. The standard InChI is InChI=1S/C22H22ClF3N4O4/c23-16-6-7-17-15(12-16)5-8-18(27-17)28-19(31)11-13-1-3-14(4-2-13)20-29-30-21(34-20)32-9-10-33-22(24,25)26/h5-8,12-14H,1-4,9-11H2,(H,27,28,31). The quantitative estimate of drug-likeness (QED) is 0.410. The number of halogens is 4. The van der Waals surface area contributed by atoms with Crippen LogP contribution in [0.4, 0.5) is 19.0 Å². The fraction of sp³-hybridized carbons (Fsp3) is 0.455. The van der Waals surface area contributed by atoms with Crippen molar-refractivity contribution in [2.24, 2.45) is 5.92 Å². The third kappa shape index (κ3) is 6.80. The number of benzene rings is 1. The number of fused-ring (bicyclic) bond motifs is 1. The van der Waals surface area contributed by atoms with Gasteiger partial charge in [-0.1, -0.05) is 16.7 Å². The first-order valence-corrected chi connectivity index (χ1v) is 11.2. The lowest BCUT2D eigenvalue weighted by Crippen LogP contribution is -2.21.